The van der Waals surface area contributed by atoms with E-state index in [1.54, 1.807) is 36.5 Å². The highest BCUT2D eigenvalue weighted by Crippen LogP contribution is 2.16. The van der Waals surface area contributed by atoms with Crippen LogP contribution in [0, 0.1) is 0 Å². The quantitative estimate of drug-likeness (QED) is 0.712. The number of pyridine rings is 1. The highest BCUT2D eigenvalue weighted by Gasteiger charge is 2.16. The fourth-order valence-electron chi connectivity index (χ4n) is 1.77. The molecule has 1 N–H and O–H groups in total. The fraction of sp³-hybridized carbons (Fsp3) is 0.0714. The zero-order valence-electron chi connectivity index (χ0n) is 11.7. The Labute approximate surface area is 141 Å². The van der Waals surface area contributed by atoms with E-state index in [1.807, 2.05) is 0 Å². The van der Waals surface area contributed by atoms with Gasteiger partial charge in [0.1, 0.15) is 5.69 Å². The standard InChI is InChI=1S/C14H11BrN4O3S/c15-10-4-6-11(7-5-10)23(20,21)17-9-13-18-19-14(22-13)12-3-1-2-8-16-12/h1-8,17H,9H2. The second-order valence-corrected chi connectivity index (χ2v) is 7.18. The molecule has 0 atom stereocenters. The molecule has 1 aromatic carbocycles. The molecule has 0 saturated carbocycles. The van der Waals surface area contributed by atoms with Gasteiger partial charge in [-0.25, -0.2) is 13.1 Å². The maximum absolute atomic E-state index is 12.2. The first-order valence-corrected chi connectivity index (χ1v) is 8.81. The Hall–Kier alpha value is -2.10. The topological polar surface area (TPSA) is 98.0 Å². The van der Waals surface area contributed by atoms with Crippen molar-refractivity contribution in [1.29, 1.82) is 0 Å². The summed E-state index contributed by atoms with van der Waals surface area (Å²) in [6, 6.07) is 11.6. The maximum atomic E-state index is 12.2. The summed E-state index contributed by atoms with van der Waals surface area (Å²) < 4.78 is 32.9. The molecule has 3 rings (SSSR count). The summed E-state index contributed by atoms with van der Waals surface area (Å²) >= 11 is 3.26. The van der Waals surface area contributed by atoms with Crippen molar-refractivity contribution >= 4 is 26.0 Å². The monoisotopic (exact) mass is 394 g/mol. The van der Waals surface area contributed by atoms with Crippen LogP contribution in [0.3, 0.4) is 0 Å². The Kier molecular flexibility index (Phi) is 4.51. The first-order chi connectivity index (χ1) is 11.0. The summed E-state index contributed by atoms with van der Waals surface area (Å²) in [5.74, 6) is 0.398. The number of halogens is 1. The molecule has 0 unspecified atom stereocenters. The van der Waals surface area contributed by atoms with Crippen LogP contribution in [0.15, 0.2) is 62.4 Å². The van der Waals surface area contributed by atoms with Gasteiger partial charge in [-0.2, -0.15) is 0 Å². The molecular weight excluding hydrogens is 384 g/mol. The Balaban J connectivity index is 1.71. The number of hydrogen-bond donors (Lipinski definition) is 1. The number of hydrogen-bond acceptors (Lipinski definition) is 6. The normalized spacial score (nSPS) is 11.5. The summed E-state index contributed by atoms with van der Waals surface area (Å²) in [5, 5.41) is 7.66. The van der Waals surface area contributed by atoms with E-state index < -0.39 is 10.0 Å². The van der Waals surface area contributed by atoms with Gasteiger partial charge >= 0.3 is 0 Å². The van der Waals surface area contributed by atoms with E-state index in [-0.39, 0.29) is 23.2 Å². The minimum absolute atomic E-state index is 0.0990. The number of benzene rings is 1. The van der Waals surface area contributed by atoms with Crippen LogP contribution in [0.1, 0.15) is 5.89 Å². The van der Waals surface area contributed by atoms with E-state index in [0.29, 0.717) is 5.69 Å². The van der Waals surface area contributed by atoms with E-state index in [9.17, 15) is 8.42 Å². The molecule has 3 aromatic rings. The third kappa shape index (κ3) is 3.81. The molecule has 0 fully saturated rings. The van der Waals surface area contributed by atoms with Crippen molar-refractivity contribution in [3.05, 3.63) is 59.0 Å². The van der Waals surface area contributed by atoms with Crippen molar-refractivity contribution < 1.29 is 12.8 Å². The van der Waals surface area contributed by atoms with Gasteiger partial charge < -0.3 is 4.42 Å². The third-order valence-corrected chi connectivity index (χ3v) is 4.83. The van der Waals surface area contributed by atoms with Crippen LogP contribution in [0.2, 0.25) is 0 Å². The second-order valence-electron chi connectivity index (χ2n) is 4.49. The van der Waals surface area contributed by atoms with Crippen LogP contribution in [0.5, 0.6) is 0 Å². The first-order valence-electron chi connectivity index (χ1n) is 6.53. The van der Waals surface area contributed by atoms with E-state index in [1.165, 1.54) is 12.1 Å². The largest absolute Gasteiger partial charge is 0.418 e. The summed E-state index contributed by atoms with van der Waals surface area (Å²) in [7, 11) is -3.64. The number of sulfonamides is 1. The van der Waals surface area contributed by atoms with Crippen LogP contribution < -0.4 is 4.72 Å². The SMILES string of the molecule is O=S(=O)(NCc1nnc(-c2ccccn2)o1)c1ccc(Br)cc1. The Morgan fingerprint density at radius 2 is 1.87 bits per heavy atom. The highest BCUT2D eigenvalue weighted by atomic mass is 79.9. The van der Waals surface area contributed by atoms with Crippen LogP contribution in [-0.2, 0) is 16.6 Å². The lowest BCUT2D eigenvalue weighted by Gasteiger charge is -2.04. The summed E-state index contributed by atoms with van der Waals surface area (Å²) in [5.41, 5.74) is 0.530. The molecule has 2 aromatic heterocycles. The van der Waals surface area contributed by atoms with Gasteiger partial charge in [0.2, 0.25) is 15.9 Å². The van der Waals surface area contributed by atoms with E-state index >= 15 is 0 Å². The van der Waals surface area contributed by atoms with Crippen molar-refractivity contribution in [3.8, 4) is 11.6 Å². The highest BCUT2D eigenvalue weighted by molar-refractivity contribution is 9.10. The Morgan fingerprint density at radius 1 is 1.09 bits per heavy atom. The molecule has 2 heterocycles. The molecule has 0 spiro atoms. The first kappa shape index (κ1) is 15.8. The molecule has 7 nitrogen and oxygen atoms in total. The fourth-order valence-corrected chi connectivity index (χ4v) is 3.01. The van der Waals surface area contributed by atoms with E-state index in [0.717, 1.165) is 4.47 Å². The lowest BCUT2D eigenvalue weighted by atomic mass is 10.3. The summed E-state index contributed by atoms with van der Waals surface area (Å²) in [6.45, 7) is -0.0990. The van der Waals surface area contributed by atoms with Gasteiger partial charge in [-0.05, 0) is 36.4 Å². The zero-order chi connectivity index (χ0) is 16.3. The minimum Gasteiger partial charge on any atom is -0.418 e. The van der Waals surface area contributed by atoms with Crippen molar-refractivity contribution in [1.82, 2.24) is 19.9 Å². The number of rotatable bonds is 5. The van der Waals surface area contributed by atoms with Gasteiger partial charge in [-0.3, -0.25) is 4.98 Å². The molecule has 0 radical (unpaired) electrons. The maximum Gasteiger partial charge on any atom is 0.266 e. The predicted molar refractivity (Wildman–Crippen MR) is 85.7 cm³/mol. The average molecular weight is 395 g/mol. The molecule has 0 aliphatic carbocycles. The second kappa shape index (κ2) is 6.57. The van der Waals surface area contributed by atoms with Crippen LogP contribution >= 0.6 is 15.9 Å². The molecule has 0 aliphatic heterocycles. The van der Waals surface area contributed by atoms with E-state index in [2.05, 4.69) is 35.8 Å². The summed E-state index contributed by atoms with van der Waals surface area (Å²) in [4.78, 5) is 4.25. The predicted octanol–water partition coefficient (Wildman–Crippen LogP) is 2.37. The molecule has 23 heavy (non-hydrogen) atoms. The zero-order valence-corrected chi connectivity index (χ0v) is 14.1. The molecular formula is C14H11BrN4O3S. The molecule has 0 amide bonds. The Bertz CT molecular complexity index is 895. The number of nitrogens with one attached hydrogen (secondary N) is 1. The van der Waals surface area contributed by atoms with Crippen LogP contribution in [-0.4, -0.2) is 23.6 Å². The van der Waals surface area contributed by atoms with Gasteiger partial charge in [-0.15, -0.1) is 10.2 Å². The minimum atomic E-state index is -3.64. The lowest BCUT2D eigenvalue weighted by Crippen LogP contribution is -2.23. The molecule has 118 valence electrons. The lowest BCUT2D eigenvalue weighted by molar-refractivity contribution is 0.493. The van der Waals surface area contributed by atoms with Crippen molar-refractivity contribution in [2.24, 2.45) is 0 Å². The summed E-state index contributed by atoms with van der Waals surface area (Å²) in [6.07, 6.45) is 1.61. The molecule has 9 heteroatoms. The number of aromatic nitrogens is 3. The third-order valence-electron chi connectivity index (χ3n) is 2.89. The molecule has 0 saturated heterocycles. The van der Waals surface area contributed by atoms with Crippen LogP contribution in [0.4, 0.5) is 0 Å². The van der Waals surface area contributed by atoms with Gasteiger partial charge in [0, 0.05) is 10.7 Å². The average Bonchev–Trinajstić information content (AvgIpc) is 3.03. The van der Waals surface area contributed by atoms with Gasteiger partial charge in [0.15, 0.2) is 0 Å². The van der Waals surface area contributed by atoms with Gasteiger partial charge in [0.05, 0.1) is 11.4 Å². The smallest absolute Gasteiger partial charge is 0.266 e. The Morgan fingerprint density at radius 3 is 2.57 bits per heavy atom. The molecule has 0 aliphatic rings. The van der Waals surface area contributed by atoms with Crippen molar-refractivity contribution in [2.75, 3.05) is 0 Å². The van der Waals surface area contributed by atoms with Crippen molar-refractivity contribution in [3.63, 3.8) is 0 Å². The van der Waals surface area contributed by atoms with E-state index in [4.69, 9.17) is 4.42 Å². The van der Waals surface area contributed by atoms with Crippen LogP contribution in [0.25, 0.3) is 11.6 Å². The number of nitrogens with zero attached hydrogens (tertiary/aromatic N) is 3. The van der Waals surface area contributed by atoms with Gasteiger partial charge in [0.25, 0.3) is 5.89 Å². The van der Waals surface area contributed by atoms with Crippen molar-refractivity contribution in [2.45, 2.75) is 11.4 Å². The van der Waals surface area contributed by atoms with Gasteiger partial charge in [-0.1, -0.05) is 22.0 Å². The molecule has 0 bridgehead atoms.